The topological polar surface area (TPSA) is 62.5 Å². The zero-order chi connectivity index (χ0) is 14.4. The van der Waals surface area contributed by atoms with Crippen LogP contribution in [0.15, 0.2) is 46.9 Å². The van der Waals surface area contributed by atoms with E-state index < -0.39 is 0 Å². The number of furan rings is 1. The van der Waals surface area contributed by atoms with Crippen molar-refractivity contribution in [3.8, 4) is 0 Å². The van der Waals surface area contributed by atoms with Crippen LogP contribution in [0.25, 0.3) is 0 Å². The molecule has 1 heterocycles. The summed E-state index contributed by atoms with van der Waals surface area (Å²) in [7, 11) is 0. The highest BCUT2D eigenvalue weighted by atomic mass is 35.5. The Morgan fingerprint density at radius 2 is 2.00 bits per heavy atom. The molecule has 1 unspecified atom stereocenters. The first-order chi connectivity index (χ1) is 9.70. The molecule has 2 N–H and O–H groups in total. The summed E-state index contributed by atoms with van der Waals surface area (Å²) in [5.41, 5.74) is 1.08. The van der Waals surface area contributed by atoms with Crippen LogP contribution in [0.1, 0.15) is 28.5 Å². The van der Waals surface area contributed by atoms with Crippen LogP contribution in [-0.2, 0) is 0 Å². The Morgan fingerprint density at radius 1 is 1.25 bits per heavy atom. The van der Waals surface area contributed by atoms with Gasteiger partial charge in [-0.2, -0.15) is 0 Å². The second kappa shape index (κ2) is 7.12. The summed E-state index contributed by atoms with van der Waals surface area (Å²) in [4.78, 5) is 11.9. The molecule has 106 valence electrons. The standard InChI is InChI=1S/C15H16ClNO3/c16-14-7-6-13(20-14)15(19)17-10-12(8-9-18)11-4-2-1-3-5-11/h1-7,12,18H,8-10H2,(H,17,19). The number of rotatable bonds is 6. The van der Waals surface area contributed by atoms with E-state index in [0.29, 0.717) is 13.0 Å². The lowest BCUT2D eigenvalue weighted by Crippen LogP contribution is -2.28. The second-order valence-electron chi connectivity index (χ2n) is 4.43. The largest absolute Gasteiger partial charge is 0.440 e. The van der Waals surface area contributed by atoms with Crippen LogP contribution in [0.5, 0.6) is 0 Å². The fraction of sp³-hybridized carbons (Fsp3) is 0.267. The fourth-order valence-corrected chi connectivity index (χ4v) is 2.15. The van der Waals surface area contributed by atoms with Gasteiger partial charge in [-0.25, -0.2) is 0 Å². The number of carbonyl (C=O) groups is 1. The number of hydrogen-bond acceptors (Lipinski definition) is 3. The average molecular weight is 294 g/mol. The molecule has 5 heteroatoms. The maximum Gasteiger partial charge on any atom is 0.287 e. The minimum Gasteiger partial charge on any atom is -0.440 e. The predicted octanol–water partition coefficient (Wildman–Crippen LogP) is 2.83. The van der Waals surface area contributed by atoms with Crippen molar-refractivity contribution >= 4 is 17.5 Å². The molecule has 2 aromatic rings. The van der Waals surface area contributed by atoms with Crippen molar-refractivity contribution in [1.82, 2.24) is 5.32 Å². The summed E-state index contributed by atoms with van der Waals surface area (Å²) in [6.45, 7) is 0.504. The summed E-state index contributed by atoms with van der Waals surface area (Å²) < 4.78 is 5.05. The third-order valence-corrected chi connectivity index (χ3v) is 3.26. The van der Waals surface area contributed by atoms with E-state index in [4.69, 9.17) is 21.1 Å². The lowest BCUT2D eigenvalue weighted by atomic mass is 9.96. The number of nitrogens with one attached hydrogen (secondary N) is 1. The number of halogens is 1. The average Bonchev–Trinajstić information content (AvgIpc) is 2.91. The minimum atomic E-state index is -0.309. The number of benzene rings is 1. The molecule has 0 saturated heterocycles. The number of hydrogen-bond donors (Lipinski definition) is 2. The maximum absolute atomic E-state index is 11.9. The molecule has 1 aromatic heterocycles. The molecule has 4 nitrogen and oxygen atoms in total. The van der Waals surface area contributed by atoms with Crippen molar-refractivity contribution in [2.45, 2.75) is 12.3 Å². The molecule has 1 atom stereocenters. The van der Waals surface area contributed by atoms with Crippen LogP contribution < -0.4 is 5.32 Å². The summed E-state index contributed by atoms with van der Waals surface area (Å²) >= 11 is 5.63. The van der Waals surface area contributed by atoms with Crippen molar-refractivity contribution in [3.63, 3.8) is 0 Å². The quantitative estimate of drug-likeness (QED) is 0.861. The molecule has 0 saturated carbocycles. The van der Waals surface area contributed by atoms with Crippen LogP contribution in [0.3, 0.4) is 0 Å². The van der Waals surface area contributed by atoms with E-state index in [2.05, 4.69) is 5.32 Å². The highest BCUT2D eigenvalue weighted by Gasteiger charge is 2.15. The van der Waals surface area contributed by atoms with Crippen molar-refractivity contribution in [1.29, 1.82) is 0 Å². The Hall–Kier alpha value is -1.78. The molecule has 0 aliphatic rings. The summed E-state index contributed by atoms with van der Waals surface area (Å²) in [6.07, 6.45) is 0.587. The van der Waals surface area contributed by atoms with Gasteiger partial charge in [0.15, 0.2) is 11.0 Å². The highest BCUT2D eigenvalue weighted by molar-refractivity contribution is 6.29. The van der Waals surface area contributed by atoms with E-state index >= 15 is 0 Å². The fourth-order valence-electron chi connectivity index (χ4n) is 2.01. The van der Waals surface area contributed by atoms with E-state index in [1.807, 2.05) is 30.3 Å². The zero-order valence-corrected chi connectivity index (χ0v) is 11.6. The van der Waals surface area contributed by atoms with Gasteiger partial charge in [-0.05, 0) is 35.7 Å². The molecule has 1 amide bonds. The highest BCUT2D eigenvalue weighted by Crippen LogP contribution is 2.19. The Labute approximate surface area is 122 Å². The first-order valence-electron chi connectivity index (χ1n) is 6.40. The lowest BCUT2D eigenvalue weighted by molar-refractivity contribution is 0.0921. The molecule has 0 spiro atoms. The number of carbonyl (C=O) groups excluding carboxylic acids is 1. The molecule has 0 aliphatic carbocycles. The van der Waals surface area contributed by atoms with Gasteiger partial charge in [0.05, 0.1) is 0 Å². The van der Waals surface area contributed by atoms with E-state index in [9.17, 15) is 4.79 Å². The van der Waals surface area contributed by atoms with Gasteiger partial charge in [0, 0.05) is 19.1 Å². The van der Waals surface area contributed by atoms with Gasteiger partial charge in [0.25, 0.3) is 5.91 Å². The Bertz CT molecular complexity index is 553. The maximum atomic E-state index is 11.9. The number of amides is 1. The van der Waals surface area contributed by atoms with Crippen LogP contribution in [0.2, 0.25) is 5.22 Å². The minimum absolute atomic E-state index is 0.0654. The first-order valence-corrected chi connectivity index (χ1v) is 6.78. The van der Waals surface area contributed by atoms with Crippen LogP contribution >= 0.6 is 11.6 Å². The lowest BCUT2D eigenvalue weighted by Gasteiger charge is -2.16. The molecule has 2 rings (SSSR count). The number of aliphatic hydroxyl groups is 1. The number of aliphatic hydroxyl groups excluding tert-OH is 1. The van der Waals surface area contributed by atoms with Crippen molar-refractivity contribution < 1.29 is 14.3 Å². The van der Waals surface area contributed by atoms with E-state index in [-0.39, 0.29) is 29.4 Å². The summed E-state index contributed by atoms with van der Waals surface area (Å²) in [6, 6.07) is 12.8. The third kappa shape index (κ3) is 3.85. The van der Waals surface area contributed by atoms with Crippen molar-refractivity contribution in [3.05, 3.63) is 59.0 Å². The summed E-state index contributed by atoms with van der Waals surface area (Å²) in [5.74, 6) is -0.0582. The monoisotopic (exact) mass is 293 g/mol. The Morgan fingerprint density at radius 3 is 2.60 bits per heavy atom. The first kappa shape index (κ1) is 14.6. The molecular formula is C15H16ClNO3. The molecular weight excluding hydrogens is 278 g/mol. The zero-order valence-electron chi connectivity index (χ0n) is 10.9. The molecule has 1 aromatic carbocycles. The van der Waals surface area contributed by atoms with Crippen molar-refractivity contribution in [2.24, 2.45) is 0 Å². The van der Waals surface area contributed by atoms with Gasteiger partial charge in [-0.1, -0.05) is 30.3 Å². The summed E-state index contributed by atoms with van der Waals surface area (Å²) in [5, 5.41) is 12.1. The van der Waals surface area contributed by atoms with Crippen LogP contribution in [-0.4, -0.2) is 24.2 Å². The van der Waals surface area contributed by atoms with Gasteiger partial charge >= 0.3 is 0 Å². The van der Waals surface area contributed by atoms with E-state index in [1.165, 1.54) is 12.1 Å². The normalized spacial score (nSPS) is 12.1. The molecule has 20 heavy (non-hydrogen) atoms. The van der Waals surface area contributed by atoms with Gasteiger partial charge in [0.2, 0.25) is 0 Å². The SMILES string of the molecule is O=C(NCC(CCO)c1ccccc1)c1ccc(Cl)o1. The van der Waals surface area contributed by atoms with E-state index in [1.54, 1.807) is 0 Å². The molecule has 0 aliphatic heterocycles. The Kier molecular flexibility index (Phi) is 5.21. The van der Waals surface area contributed by atoms with Crippen molar-refractivity contribution in [2.75, 3.05) is 13.2 Å². The smallest absolute Gasteiger partial charge is 0.287 e. The van der Waals surface area contributed by atoms with Gasteiger partial charge in [-0.3, -0.25) is 4.79 Å². The molecule has 0 radical (unpaired) electrons. The second-order valence-corrected chi connectivity index (χ2v) is 4.81. The van der Waals surface area contributed by atoms with Gasteiger partial charge in [0.1, 0.15) is 0 Å². The molecule has 0 fully saturated rings. The van der Waals surface area contributed by atoms with E-state index in [0.717, 1.165) is 5.56 Å². The third-order valence-electron chi connectivity index (χ3n) is 3.05. The molecule has 0 bridgehead atoms. The predicted molar refractivity (Wildman–Crippen MR) is 76.9 cm³/mol. The van der Waals surface area contributed by atoms with Gasteiger partial charge in [-0.15, -0.1) is 0 Å². The Balaban J connectivity index is 1.97. The van der Waals surface area contributed by atoms with Crippen LogP contribution in [0.4, 0.5) is 0 Å². The van der Waals surface area contributed by atoms with Gasteiger partial charge < -0.3 is 14.8 Å². The van der Waals surface area contributed by atoms with Crippen LogP contribution in [0, 0.1) is 0 Å².